The lowest BCUT2D eigenvalue weighted by Gasteiger charge is -2.04. The van der Waals surface area contributed by atoms with Crippen LogP contribution in [0.1, 0.15) is 0 Å². The van der Waals surface area contributed by atoms with E-state index in [-0.39, 0.29) is 10.6 Å². The molecular formula is C10H8N2O2S. The third-order valence-electron chi connectivity index (χ3n) is 2.22. The van der Waals surface area contributed by atoms with Gasteiger partial charge in [0.25, 0.3) is 5.69 Å². The van der Waals surface area contributed by atoms with Gasteiger partial charge in [0.2, 0.25) is 0 Å². The molecule has 0 atom stereocenters. The van der Waals surface area contributed by atoms with Crippen LogP contribution in [0.15, 0.2) is 36.4 Å². The van der Waals surface area contributed by atoms with Gasteiger partial charge in [0.1, 0.15) is 0 Å². The van der Waals surface area contributed by atoms with Crippen molar-refractivity contribution in [3.05, 3.63) is 46.5 Å². The number of hydrogen-bond donors (Lipinski definition) is 2. The summed E-state index contributed by atoms with van der Waals surface area (Å²) < 4.78 is 2.71. The lowest BCUT2D eigenvalue weighted by atomic mass is 10.1. The minimum atomic E-state index is -0.384. The van der Waals surface area contributed by atoms with Gasteiger partial charge in [-0.3, -0.25) is 10.1 Å². The lowest BCUT2D eigenvalue weighted by Crippen LogP contribution is -1.91. The molecule has 2 aromatic rings. The number of rotatable bonds is 2. The Morgan fingerprint density at radius 1 is 1.13 bits per heavy atom. The molecule has 2 rings (SSSR count). The SMILES string of the molecule is O=[N+]([O-])c1ccc(NS)c2ccccc12. The first-order valence-electron chi connectivity index (χ1n) is 4.30. The van der Waals surface area contributed by atoms with Gasteiger partial charge in [-0.1, -0.05) is 31.0 Å². The molecule has 5 heteroatoms. The summed E-state index contributed by atoms with van der Waals surface area (Å²) in [5.74, 6) is 0. The Morgan fingerprint density at radius 3 is 2.40 bits per heavy atom. The summed E-state index contributed by atoms with van der Waals surface area (Å²) in [6.45, 7) is 0. The van der Waals surface area contributed by atoms with Crippen molar-refractivity contribution in [2.24, 2.45) is 0 Å². The Bertz CT molecular complexity index is 528. The number of non-ortho nitro benzene ring substituents is 1. The second kappa shape index (κ2) is 3.78. The first-order chi connectivity index (χ1) is 7.24. The molecule has 0 saturated carbocycles. The average Bonchev–Trinajstić information content (AvgIpc) is 2.27. The molecule has 0 fully saturated rings. The highest BCUT2D eigenvalue weighted by Crippen LogP contribution is 2.31. The van der Waals surface area contributed by atoms with Crippen LogP contribution in [0.5, 0.6) is 0 Å². The van der Waals surface area contributed by atoms with E-state index in [1.54, 1.807) is 18.2 Å². The minimum Gasteiger partial charge on any atom is -0.332 e. The van der Waals surface area contributed by atoms with Crippen molar-refractivity contribution in [3.63, 3.8) is 0 Å². The minimum absolute atomic E-state index is 0.109. The fourth-order valence-electron chi connectivity index (χ4n) is 1.54. The number of nitrogens with one attached hydrogen (secondary N) is 1. The third-order valence-corrected chi connectivity index (χ3v) is 2.46. The Balaban J connectivity index is 2.83. The smallest absolute Gasteiger partial charge is 0.277 e. The van der Waals surface area contributed by atoms with E-state index in [0.717, 1.165) is 11.1 Å². The zero-order chi connectivity index (χ0) is 10.8. The molecule has 0 aliphatic heterocycles. The van der Waals surface area contributed by atoms with E-state index >= 15 is 0 Å². The maximum atomic E-state index is 10.8. The highest BCUT2D eigenvalue weighted by atomic mass is 32.1. The summed E-state index contributed by atoms with van der Waals surface area (Å²) in [5.41, 5.74) is 0.873. The summed E-state index contributed by atoms with van der Waals surface area (Å²) >= 11 is 3.95. The second-order valence-corrected chi connectivity index (χ2v) is 3.27. The molecule has 0 spiro atoms. The number of nitro groups is 1. The zero-order valence-electron chi connectivity index (χ0n) is 7.68. The van der Waals surface area contributed by atoms with Crippen molar-refractivity contribution in [1.82, 2.24) is 0 Å². The molecule has 0 saturated heterocycles. The first kappa shape index (κ1) is 9.79. The highest BCUT2D eigenvalue weighted by molar-refractivity contribution is 7.81. The van der Waals surface area contributed by atoms with Crippen molar-refractivity contribution < 1.29 is 4.92 Å². The van der Waals surface area contributed by atoms with Gasteiger partial charge >= 0.3 is 0 Å². The largest absolute Gasteiger partial charge is 0.332 e. The van der Waals surface area contributed by atoms with Gasteiger partial charge in [-0.25, -0.2) is 0 Å². The van der Waals surface area contributed by atoms with Crippen molar-refractivity contribution in [2.75, 3.05) is 4.72 Å². The number of anilines is 1. The predicted octanol–water partition coefficient (Wildman–Crippen LogP) is 3.00. The van der Waals surface area contributed by atoms with Crippen LogP contribution < -0.4 is 4.72 Å². The number of hydrogen-bond acceptors (Lipinski definition) is 4. The molecule has 1 N–H and O–H groups in total. The van der Waals surface area contributed by atoms with Gasteiger partial charge in [0, 0.05) is 11.5 Å². The molecule has 0 heterocycles. The van der Waals surface area contributed by atoms with Crippen LogP contribution in [-0.2, 0) is 0 Å². The third kappa shape index (κ3) is 1.61. The molecule has 0 amide bonds. The Labute approximate surface area is 91.6 Å². The number of thiol groups is 1. The molecule has 15 heavy (non-hydrogen) atoms. The van der Waals surface area contributed by atoms with Crippen molar-refractivity contribution in [3.8, 4) is 0 Å². The van der Waals surface area contributed by atoms with Crippen molar-refractivity contribution >= 4 is 35.0 Å². The van der Waals surface area contributed by atoms with E-state index in [4.69, 9.17) is 0 Å². The van der Waals surface area contributed by atoms with E-state index in [2.05, 4.69) is 17.5 Å². The molecule has 0 bridgehead atoms. The topological polar surface area (TPSA) is 55.2 Å². The number of nitrogens with zero attached hydrogens (tertiary/aromatic N) is 1. The lowest BCUT2D eigenvalue weighted by molar-refractivity contribution is -0.383. The van der Waals surface area contributed by atoms with Crippen LogP contribution in [0.4, 0.5) is 11.4 Å². The fourth-order valence-corrected chi connectivity index (χ4v) is 1.73. The molecular weight excluding hydrogens is 212 g/mol. The number of fused-ring (bicyclic) bond motifs is 1. The highest BCUT2D eigenvalue weighted by Gasteiger charge is 2.12. The summed E-state index contributed by atoms with van der Waals surface area (Å²) in [5, 5.41) is 12.2. The van der Waals surface area contributed by atoms with Crippen molar-refractivity contribution in [1.29, 1.82) is 0 Å². The first-order valence-corrected chi connectivity index (χ1v) is 4.75. The van der Waals surface area contributed by atoms with Crippen molar-refractivity contribution in [2.45, 2.75) is 0 Å². The zero-order valence-corrected chi connectivity index (χ0v) is 8.57. The van der Waals surface area contributed by atoms with Crippen LogP contribution in [0, 0.1) is 10.1 Å². The van der Waals surface area contributed by atoms with E-state index in [1.807, 2.05) is 12.1 Å². The molecule has 0 aliphatic rings. The van der Waals surface area contributed by atoms with E-state index in [9.17, 15) is 10.1 Å². The Hall–Kier alpha value is -1.75. The standard InChI is InChI=1S/C10H8N2O2S/c13-12(14)10-6-5-9(11-15)7-3-1-2-4-8(7)10/h1-6,11,15H. The normalized spacial score (nSPS) is 10.2. The fraction of sp³-hybridized carbons (Fsp3) is 0. The van der Waals surface area contributed by atoms with Crippen LogP contribution in [-0.4, -0.2) is 4.92 Å². The molecule has 2 aromatic carbocycles. The quantitative estimate of drug-likeness (QED) is 0.464. The number of benzene rings is 2. The maximum absolute atomic E-state index is 10.8. The summed E-state index contributed by atoms with van der Waals surface area (Å²) in [6.07, 6.45) is 0. The molecule has 0 radical (unpaired) electrons. The summed E-state index contributed by atoms with van der Waals surface area (Å²) in [6, 6.07) is 10.3. The van der Waals surface area contributed by atoms with E-state index < -0.39 is 0 Å². The van der Waals surface area contributed by atoms with Crippen LogP contribution >= 0.6 is 12.8 Å². The second-order valence-electron chi connectivity index (χ2n) is 3.05. The number of nitro benzene ring substituents is 1. The van der Waals surface area contributed by atoms with Crippen LogP contribution in [0.25, 0.3) is 10.8 Å². The summed E-state index contributed by atoms with van der Waals surface area (Å²) in [4.78, 5) is 10.4. The monoisotopic (exact) mass is 220 g/mol. The van der Waals surface area contributed by atoms with E-state index in [0.29, 0.717) is 5.39 Å². The molecule has 76 valence electrons. The maximum Gasteiger partial charge on any atom is 0.277 e. The van der Waals surface area contributed by atoms with Gasteiger partial charge in [0.05, 0.1) is 16.0 Å². The van der Waals surface area contributed by atoms with E-state index in [1.165, 1.54) is 6.07 Å². The van der Waals surface area contributed by atoms with Gasteiger partial charge in [-0.05, 0) is 12.1 Å². The van der Waals surface area contributed by atoms with Gasteiger partial charge in [-0.2, -0.15) is 0 Å². The molecule has 0 aliphatic carbocycles. The Morgan fingerprint density at radius 2 is 1.80 bits per heavy atom. The predicted molar refractivity (Wildman–Crippen MR) is 63.2 cm³/mol. The van der Waals surface area contributed by atoms with Gasteiger partial charge < -0.3 is 4.72 Å². The molecule has 0 unspecified atom stereocenters. The molecule has 0 aromatic heterocycles. The van der Waals surface area contributed by atoms with Gasteiger partial charge in [-0.15, -0.1) is 0 Å². The van der Waals surface area contributed by atoms with Gasteiger partial charge in [0.15, 0.2) is 0 Å². The Kier molecular flexibility index (Phi) is 2.47. The van der Waals surface area contributed by atoms with Crippen LogP contribution in [0.2, 0.25) is 0 Å². The average molecular weight is 220 g/mol. The summed E-state index contributed by atoms with van der Waals surface area (Å²) in [7, 11) is 0. The molecule has 4 nitrogen and oxygen atoms in total. The van der Waals surface area contributed by atoms with Crippen LogP contribution in [0.3, 0.4) is 0 Å².